The van der Waals surface area contributed by atoms with Gasteiger partial charge >= 0.3 is 29.6 Å². The fourth-order valence-corrected chi connectivity index (χ4v) is 0. The van der Waals surface area contributed by atoms with Crippen molar-refractivity contribution in [2.45, 2.75) is 0 Å². The molecule has 28 valence electrons. The van der Waals surface area contributed by atoms with Crippen LogP contribution in [0.4, 0.5) is 0 Å². The normalized spacial score (nSPS) is 2.40. The van der Waals surface area contributed by atoms with Crippen LogP contribution in [-0.4, -0.2) is 46.6 Å². The van der Waals surface area contributed by atoms with Gasteiger partial charge in [-0.15, -0.1) is 0 Å². The first-order chi connectivity index (χ1) is 1.41. The molecule has 3 nitrogen and oxygen atoms in total. The summed E-state index contributed by atoms with van der Waals surface area (Å²) in [6.45, 7) is -0.250. The van der Waals surface area contributed by atoms with Crippen molar-refractivity contribution in [3.8, 4) is 0 Å². The molecule has 0 atom stereocenters. The van der Waals surface area contributed by atoms with Crippen LogP contribution in [0.2, 0.25) is 0 Å². The molecule has 0 fully saturated rings. The van der Waals surface area contributed by atoms with Gasteiger partial charge in [-0.3, -0.25) is 4.79 Å². The molecule has 0 aliphatic rings. The second-order valence-electron chi connectivity index (χ2n) is 0.105. The van der Waals surface area contributed by atoms with Crippen molar-refractivity contribution in [2.24, 2.45) is 0 Å². The molecule has 0 radical (unpaired) electrons. The van der Waals surface area contributed by atoms with Crippen LogP contribution in [0.3, 0.4) is 0 Å². The average molecular weight is 88.0 g/mol. The van der Waals surface area contributed by atoms with Crippen LogP contribution >= 0.6 is 0 Å². The van der Waals surface area contributed by atoms with Gasteiger partial charge in [0.05, 0.1) is 0 Å². The average Bonchev–Trinajstić information content (AvgIpc) is 0.918. The third kappa shape index (κ3) is 141. The van der Waals surface area contributed by atoms with E-state index in [1.165, 1.54) is 0 Å². The molecule has 0 aliphatic carbocycles. The summed E-state index contributed by atoms with van der Waals surface area (Å²) in [7, 11) is 0. The van der Waals surface area contributed by atoms with Crippen molar-refractivity contribution < 1.29 is 15.4 Å². The zero-order chi connectivity index (χ0) is 2.71. The summed E-state index contributed by atoms with van der Waals surface area (Å²) in [4.78, 5) is 8.36. The molecule has 0 rings (SSSR count). The number of hydrogen-bond acceptors (Lipinski definition) is 1. The molecule has 0 aromatic rings. The van der Waals surface area contributed by atoms with E-state index in [9.17, 15) is 0 Å². The van der Waals surface area contributed by atoms with Gasteiger partial charge in [0, 0.05) is 0 Å². The van der Waals surface area contributed by atoms with Crippen LogP contribution in [0.25, 0.3) is 0 Å². The van der Waals surface area contributed by atoms with E-state index in [0.29, 0.717) is 0 Å². The summed E-state index contributed by atoms with van der Waals surface area (Å²) in [6.07, 6.45) is 0. The van der Waals surface area contributed by atoms with Gasteiger partial charge < -0.3 is 10.6 Å². The SMILES string of the molecule is O.O=CO.[NaH]. The van der Waals surface area contributed by atoms with Crippen LogP contribution in [0.1, 0.15) is 0 Å². The summed E-state index contributed by atoms with van der Waals surface area (Å²) in [6, 6.07) is 0. The Balaban J connectivity index is -0.0000000200. The van der Waals surface area contributed by atoms with Crippen LogP contribution in [0.15, 0.2) is 0 Å². The van der Waals surface area contributed by atoms with Gasteiger partial charge in [-0.2, -0.15) is 0 Å². The van der Waals surface area contributed by atoms with Crippen molar-refractivity contribution in [3.05, 3.63) is 0 Å². The maximum atomic E-state index is 8.36. The molecule has 0 bridgehead atoms. The molecule has 0 aromatic heterocycles. The van der Waals surface area contributed by atoms with E-state index in [-0.39, 0.29) is 41.5 Å². The molecule has 0 spiro atoms. The molecular formula is CH5NaO3. The van der Waals surface area contributed by atoms with E-state index in [2.05, 4.69) is 0 Å². The van der Waals surface area contributed by atoms with Gasteiger partial charge in [0.15, 0.2) is 0 Å². The third-order valence-corrected chi connectivity index (χ3v) is 0. The minimum absolute atomic E-state index is 0. The van der Waals surface area contributed by atoms with Gasteiger partial charge in [0.1, 0.15) is 0 Å². The van der Waals surface area contributed by atoms with E-state index >= 15 is 0 Å². The zero-order valence-electron chi connectivity index (χ0n) is 1.93. The Morgan fingerprint density at radius 1 is 1.60 bits per heavy atom. The fourth-order valence-electron chi connectivity index (χ4n) is 0. The van der Waals surface area contributed by atoms with E-state index in [1.54, 1.807) is 0 Å². The van der Waals surface area contributed by atoms with Crippen molar-refractivity contribution in [1.29, 1.82) is 0 Å². The Labute approximate surface area is 51.6 Å². The molecular weight excluding hydrogens is 83.0 g/mol. The fraction of sp³-hybridized carbons (Fsp3) is 0. The Bertz CT molecular complexity index is 14.4. The predicted octanol–water partition coefficient (Wildman–Crippen LogP) is -1.77. The van der Waals surface area contributed by atoms with Gasteiger partial charge in [-0.05, 0) is 0 Å². The molecule has 0 saturated carbocycles. The molecule has 0 saturated heterocycles. The molecule has 5 heavy (non-hydrogen) atoms. The molecule has 3 N–H and O–H groups in total. The van der Waals surface area contributed by atoms with Crippen molar-refractivity contribution >= 4 is 36.0 Å². The first-order valence-electron chi connectivity index (χ1n) is 0.494. The van der Waals surface area contributed by atoms with Crippen LogP contribution in [0, 0.1) is 0 Å². The Morgan fingerprint density at radius 2 is 1.60 bits per heavy atom. The predicted molar refractivity (Wildman–Crippen MR) is 19.5 cm³/mol. The standard InChI is InChI=1S/CH2O2.Na.H2O.H/c2-1-3;;;/h1H,(H,2,3);;1H2;. The molecule has 0 unspecified atom stereocenters. The quantitative estimate of drug-likeness (QED) is 0.281. The Kier molecular flexibility index (Phi) is 92.0. The van der Waals surface area contributed by atoms with Crippen LogP contribution in [0.5, 0.6) is 0 Å². The first kappa shape index (κ1) is 18.0. The molecule has 0 heterocycles. The Morgan fingerprint density at radius 3 is 1.60 bits per heavy atom. The molecule has 4 heteroatoms. The van der Waals surface area contributed by atoms with E-state index in [1.807, 2.05) is 0 Å². The van der Waals surface area contributed by atoms with Gasteiger partial charge in [0.25, 0.3) is 6.47 Å². The van der Waals surface area contributed by atoms with Crippen molar-refractivity contribution in [3.63, 3.8) is 0 Å². The van der Waals surface area contributed by atoms with Gasteiger partial charge in [0.2, 0.25) is 0 Å². The molecule has 0 amide bonds. The molecule has 0 aromatic carbocycles. The van der Waals surface area contributed by atoms with Crippen LogP contribution < -0.4 is 0 Å². The number of hydrogen-bond donors (Lipinski definition) is 1. The summed E-state index contributed by atoms with van der Waals surface area (Å²) in [5.41, 5.74) is 0. The number of carboxylic acid groups (broad SMARTS) is 1. The van der Waals surface area contributed by atoms with Crippen molar-refractivity contribution in [2.75, 3.05) is 0 Å². The van der Waals surface area contributed by atoms with Gasteiger partial charge in [-0.1, -0.05) is 0 Å². The monoisotopic (exact) mass is 88.0 g/mol. The maximum absolute atomic E-state index is 8.36. The number of carbonyl (C=O) groups is 1. The van der Waals surface area contributed by atoms with Crippen LogP contribution in [-0.2, 0) is 4.79 Å². The Hall–Kier alpha value is 0.430. The second-order valence-corrected chi connectivity index (χ2v) is 0.105. The zero-order valence-corrected chi connectivity index (χ0v) is 1.93. The summed E-state index contributed by atoms with van der Waals surface area (Å²) < 4.78 is 0. The van der Waals surface area contributed by atoms with Gasteiger partial charge in [-0.25, -0.2) is 0 Å². The van der Waals surface area contributed by atoms with E-state index in [4.69, 9.17) is 9.90 Å². The third-order valence-electron chi connectivity index (χ3n) is 0. The summed E-state index contributed by atoms with van der Waals surface area (Å²) >= 11 is 0. The minimum atomic E-state index is -0.250. The molecule has 0 aliphatic heterocycles. The summed E-state index contributed by atoms with van der Waals surface area (Å²) in [5, 5.41) is 6.89. The topological polar surface area (TPSA) is 68.8 Å². The first-order valence-corrected chi connectivity index (χ1v) is 0.494. The summed E-state index contributed by atoms with van der Waals surface area (Å²) in [5.74, 6) is 0. The van der Waals surface area contributed by atoms with Crippen molar-refractivity contribution in [1.82, 2.24) is 0 Å². The van der Waals surface area contributed by atoms with E-state index in [0.717, 1.165) is 0 Å². The second kappa shape index (κ2) is 25.5. The number of rotatable bonds is 0. The van der Waals surface area contributed by atoms with E-state index < -0.39 is 0 Å².